The van der Waals surface area contributed by atoms with E-state index in [1.54, 1.807) is 31.2 Å². The third-order valence-corrected chi connectivity index (χ3v) is 4.54. The number of nitrogens with zero attached hydrogens (tertiary/aromatic N) is 2. The summed E-state index contributed by atoms with van der Waals surface area (Å²) in [7, 11) is 0. The first-order valence-corrected chi connectivity index (χ1v) is 8.47. The van der Waals surface area contributed by atoms with Crippen LogP contribution in [0, 0.1) is 13.8 Å². The van der Waals surface area contributed by atoms with Gasteiger partial charge in [0.1, 0.15) is 10.6 Å². The van der Waals surface area contributed by atoms with Crippen molar-refractivity contribution >= 4 is 23.7 Å². The third-order valence-electron chi connectivity index (χ3n) is 3.76. The maximum atomic E-state index is 12.2. The number of amides is 1. The van der Waals surface area contributed by atoms with Gasteiger partial charge in [0.25, 0.3) is 5.91 Å². The Hall–Kier alpha value is -2.99. The van der Waals surface area contributed by atoms with Crippen molar-refractivity contribution in [3.8, 4) is 17.0 Å². The normalized spacial score (nSPS) is 11.0. The van der Waals surface area contributed by atoms with Gasteiger partial charge in [0.05, 0.1) is 11.9 Å². The van der Waals surface area contributed by atoms with Crippen LogP contribution in [0.5, 0.6) is 5.75 Å². The second-order valence-corrected chi connectivity index (χ2v) is 6.44. The summed E-state index contributed by atoms with van der Waals surface area (Å²) in [4.78, 5) is 12.7. The summed E-state index contributed by atoms with van der Waals surface area (Å²) < 4.78 is 4.36. The van der Waals surface area contributed by atoms with Crippen LogP contribution < -0.4 is 5.43 Å². The minimum Gasteiger partial charge on any atom is -0.508 e. The number of hydrogen-bond donors (Lipinski definition) is 2. The number of hydrazone groups is 1. The molecule has 6 heteroatoms. The largest absolute Gasteiger partial charge is 0.508 e. The molecule has 0 aliphatic heterocycles. The molecule has 0 radical (unpaired) electrons. The SMILES string of the molecule is Cc1cc(/C=N/NC(=O)c2cc(-c3ccccc3C)ns2)ccc1O. The smallest absolute Gasteiger partial charge is 0.283 e. The average molecular weight is 351 g/mol. The Bertz CT molecular complexity index is 947. The van der Waals surface area contributed by atoms with Crippen LogP contribution in [-0.2, 0) is 0 Å². The molecule has 5 nitrogen and oxygen atoms in total. The number of aryl methyl sites for hydroxylation is 2. The summed E-state index contributed by atoms with van der Waals surface area (Å²) in [5, 5.41) is 13.5. The van der Waals surface area contributed by atoms with Crippen LogP contribution in [0.2, 0.25) is 0 Å². The molecule has 1 aromatic heterocycles. The standard InChI is InChI=1S/C19H17N3O2S/c1-12-5-3-4-6-15(12)16-10-18(25-22-16)19(24)21-20-11-14-7-8-17(23)13(2)9-14/h3-11,23H,1-2H3,(H,21,24)/b20-11+. The van der Waals surface area contributed by atoms with Gasteiger partial charge in [-0.05, 0) is 66.3 Å². The van der Waals surface area contributed by atoms with Gasteiger partial charge in [0.2, 0.25) is 0 Å². The highest BCUT2D eigenvalue weighted by Crippen LogP contribution is 2.24. The molecule has 0 spiro atoms. The lowest BCUT2D eigenvalue weighted by Crippen LogP contribution is -2.16. The van der Waals surface area contributed by atoms with Crippen molar-refractivity contribution in [2.45, 2.75) is 13.8 Å². The Labute approximate surface area is 149 Å². The van der Waals surface area contributed by atoms with E-state index in [2.05, 4.69) is 14.9 Å². The molecule has 3 aromatic rings. The van der Waals surface area contributed by atoms with Gasteiger partial charge in [-0.2, -0.15) is 9.47 Å². The van der Waals surface area contributed by atoms with Gasteiger partial charge in [-0.25, -0.2) is 5.43 Å². The zero-order chi connectivity index (χ0) is 17.8. The predicted octanol–water partition coefficient (Wildman–Crippen LogP) is 3.90. The Morgan fingerprint density at radius 1 is 1.16 bits per heavy atom. The fourth-order valence-corrected chi connectivity index (χ4v) is 2.99. The van der Waals surface area contributed by atoms with Crippen LogP contribution in [0.3, 0.4) is 0 Å². The number of phenolic OH excluding ortho intramolecular Hbond substituents is 1. The molecule has 0 unspecified atom stereocenters. The monoisotopic (exact) mass is 351 g/mol. The van der Waals surface area contributed by atoms with E-state index in [1.165, 1.54) is 6.21 Å². The number of aromatic nitrogens is 1. The van der Waals surface area contributed by atoms with E-state index >= 15 is 0 Å². The summed E-state index contributed by atoms with van der Waals surface area (Å²) in [5.74, 6) is -0.0707. The van der Waals surface area contributed by atoms with Gasteiger partial charge in [0, 0.05) is 5.56 Å². The molecule has 25 heavy (non-hydrogen) atoms. The molecule has 2 aromatic carbocycles. The summed E-state index contributed by atoms with van der Waals surface area (Å²) in [6.07, 6.45) is 1.54. The van der Waals surface area contributed by atoms with Gasteiger partial charge in [-0.3, -0.25) is 4.79 Å². The molecule has 3 rings (SSSR count). The Balaban J connectivity index is 1.69. The van der Waals surface area contributed by atoms with Crippen LogP contribution in [0.1, 0.15) is 26.4 Å². The van der Waals surface area contributed by atoms with Gasteiger partial charge in [-0.1, -0.05) is 24.3 Å². The zero-order valence-corrected chi connectivity index (χ0v) is 14.7. The van der Waals surface area contributed by atoms with Crippen LogP contribution >= 0.6 is 11.5 Å². The lowest BCUT2D eigenvalue weighted by Gasteiger charge is -2.00. The van der Waals surface area contributed by atoms with Crippen molar-refractivity contribution in [2.24, 2.45) is 5.10 Å². The van der Waals surface area contributed by atoms with Crippen molar-refractivity contribution in [1.29, 1.82) is 0 Å². The summed E-state index contributed by atoms with van der Waals surface area (Å²) >= 11 is 1.14. The van der Waals surface area contributed by atoms with Crippen LogP contribution in [-0.4, -0.2) is 21.6 Å². The number of aromatic hydroxyl groups is 1. The molecule has 126 valence electrons. The molecular formula is C19H17N3O2S. The van der Waals surface area contributed by atoms with E-state index in [4.69, 9.17) is 0 Å². The average Bonchev–Trinajstić information content (AvgIpc) is 3.08. The molecule has 0 saturated carbocycles. The first-order valence-electron chi connectivity index (χ1n) is 7.70. The van der Waals surface area contributed by atoms with E-state index in [9.17, 15) is 9.90 Å². The van der Waals surface area contributed by atoms with E-state index < -0.39 is 0 Å². The van der Waals surface area contributed by atoms with Gasteiger partial charge in [-0.15, -0.1) is 0 Å². The fourth-order valence-electron chi connectivity index (χ4n) is 2.35. The highest BCUT2D eigenvalue weighted by Gasteiger charge is 2.12. The summed E-state index contributed by atoms with van der Waals surface area (Å²) in [6.45, 7) is 3.81. The number of phenols is 1. The second-order valence-electron chi connectivity index (χ2n) is 5.64. The molecule has 2 N–H and O–H groups in total. The number of benzene rings is 2. The minimum absolute atomic E-state index is 0.231. The number of hydrogen-bond acceptors (Lipinski definition) is 5. The zero-order valence-electron chi connectivity index (χ0n) is 13.9. The highest BCUT2D eigenvalue weighted by atomic mass is 32.1. The predicted molar refractivity (Wildman–Crippen MR) is 100 cm³/mol. The first kappa shape index (κ1) is 16.9. The van der Waals surface area contributed by atoms with Gasteiger partial charge < -0.3 is 5.11 Å². The molecular weight excluding hydrogens is 334 g/mol. The Kier molecular flexibility index (Phi) is 4.90. The van der Waals surface area contributed by atoms with Crippen molar-refractivity contribution in [3.63, 3.8) is 0 Å². The van der Waals surface area contributed by atoms with E-state index in [-0.39, 0.29) is 11.7 Å². The number of carbonyl (C=O) groups is 1. The molecule has 1 heterocycles. The van der Waals surface area contributed by atoms with Gasteiger partial charge in [0.15, 0.2) is 0 Å². The molecule has 0 aliphatic carbocycles. The quantitative estimate of drug-likeness (QED) is 0.553. The lowest BCUT2D eigenvalue weighted by atomic mass is 10.1. The second kappa shape index (κ2) is 7.27. The maximum Gasteiger partial charge on any atom is 0.283 e. The Morgan fingerprint density at radius 3 is 2.72 bits per heavy atom. The van der Waals surface area contributed by atoms with E-state index in [0.29, 0.717) is 4.88 Å². The first-order chi connectivity index (χ1) is 12.0. The highest BCUT2D eigenvalue weighted by molar-refractivity contribution is 7.08. The van der Waals surface area contributed by atoms with E-state index in [0.717, 1.165) is 39.5 Å². The van der Waals surface area contributed by atoms with Crippen molar-refractivity contribution < 1.29 is 9.90 Å². The van der Waals surface area contributed by atoms with Crippen molar-refractivity contribution in [1.82, 2.24) is 9.80 Å². The minimum atomic E-state index is -0.302. The maximum absolute atomic E-state index is 12.2. The number of carbonyl (C=O) groups excluding carboxylic acids is 1. The molecule has 0 bridgehead atoms. The Morgan fingerprint density at radius 2 is 1.96 bits per heavy atom. The summed E-state index contributed by atoms with van der Waals surface area (Å²) in [6, 6.07) is 14.8. The topological polar surface area (TPSA) is 74.6 Å². The van der Waals surface area contributed by atoms with E-state index in [1.807, 2.05) is 31.2 Å². The lowest BCUT2D eigenvalue weighted by molar-refractivity contribution is 0.0959. The fraction of sp³-hybridized carbons (Fsp3) is 0.105. The molecule has 1 amide bonds. The van der Waals surface area contributed by atoms with Crippen molar-refractivity contribution in [3.05, 3.63) is 70.1 Å². The van der Waals surface area contributed by atoms with Crippen molar-refractivity contribution in [2.75, 3.05) is 0 Å². The van der Waals surface area contributed by atoms with Crippen LogP contribution in [0.25, 0.3) is 11.3 Å². The van der Waals surface area contributed by atoms with Crippen LogP contribution in [0.15, 0.2) is 53.6 Å². The molecule has 0 saturated heterocycles. The molecule has 0 fully saturated rings. The third kappa shape index (κ3) is 3.92. The number of nitrogens with one attached hydrogen (secondary N) is 1. The number of rotatable bonds is 4. The van der Waals surface area contributed by atoms with Crippen LogP contribution in [0.4, 0.5) is 0 Å². The summed E-state index contributed by atoms with van der Waals surface area (Å²) in [5.41, 5.74) is 6.95. The molecule has 0 atom stereocenters. The molecule has 0 aliphatic rings. The van der Waals surface area contributed by atoms with Gasteiger partial charge >= 0.3 is 0 Å².